The van der Waals surface area contributed by atoms with Crippen LogP contribution in [0, 0.1) is 6.92 Å². The molecular formula is C37H41N5O7S. The van der Waals surface area contributed by atoms with E-state index in [0.717, 1.165) is 27.6 Å². The van der Waals surface area contributed by atoms with Crippen molar-refractivity contribution in [3.05, 3.63) is 117 Å². The number of methoxy groups -OCH3 is 2. The molecule has 13 heteroatoms. The molecule has 50 heavy (non-hydrogen) atoms. The molecule has 3 N–H and O–H groups in total. The minimum Gasteiger partial charge on any atom is -0.497 e. The van der Waals surface area contributed by atoms with Crippen LogP contribution in [-0.4, -0.2) is 91.3 Å². The molecule has 0 saturated heterocycles. The van der Waals surface area contributed by atoms with Gasteiger partial charge in [0.1, 0.15) is 17.4 Å². The van der Waals surface area contributed by atoms with E-state index in [1.54, 1.807) is 26.3 Å². The second-order valence-electron chi connectivity index (χ2n) is 11.9. The van der Waals surface area contributed by atoms with Gasteiger partial charge in [0.2, 0.25) is 5.90 Å². The van der Waals surface area contributed by atoms with Gasteiger partial charge in [-0.15, -0.1) is 11.3 Å². The van der Waals surface area contributed by atoms with Gasteiger partial charge in [0, 0.05) is 47.9 Å². The van der Waals surface area contributed by atoms with Crippen LogP contribution in [-0.2, 0) is 33.8 Å². The summed E-state index contributed by atoms with van der Waals surface area (Å²) in [6.07, 6.45) is -0.613. The van der Waals surface area contributed by atoms with Gasteiger partial charge in [-0.25, -0.2) is 14.8 Å². The number of amides is 2. The topological polar surface area (TPSA) is 152 Å². The molecule has 5 rings (SSSR count). The fourth-order valence-corrected chi connectivity index (χ4v) is 6.28. The minimum absolute atomic E-state index is 0.0287. The molecule has 0 fully saturated rings. The number of aliphatic hydroxyl groups excluding tert-OH is 1. The highest BCUT2D eigenvalue weighted by Crippen LogP contribution is 2.21. The highest BCUT2D eigenvalue weighted by molar-refractivity contribution is 7.09. The summed E-state index contributed by atoms with van der Waals surface area (Å²) in [5.41, 5.74) is 3.51. The van der Waals surface area contributed by atoms with Crippen LogP contribution in [0.1, 0.15) is 48.1 Å². The van der Waals surface area contributed by atoms with Gasteiger partial charge < -0.3 is 34.9 Å². The Morgan fingerprint density at radius 1 is 1.04 bits per heavy atom. The van der Waals surface area contributed by atoms with Crippen molar-refractivity contribution in [2.45, 2.75) is 44.6 Å². The summed E-state index contributed by atoms with van der Waals surface area (Å²) in [5, 5.41) is 20.3. The minimum atomic E-state index is -0.967. The second kappa shape index (κ2) is 17.0. The van der Waals surface area contributed by atoms with E-state index in [4.69, 9.17) is 14.2 Å². The summed E-state index contributed by atoms with van der Waals surface area (Å²) in [7, 11) is 4.54. The lowest BCUT2D eigenvalue weighted by Gasteiger charge is -2.25. The van der Waals surface area contributed by atoms with E-state index < -0.39 is 30.1 Å². The van der Waals surface area contributed by atoms with Crippen LogP contribution in [0.25, 0.3) is 0 Å². The number of aliphatic hydroxyl groups is 1. The number of thiazole rings is 1. The molecule has 2 heterocycles. The van der Waals surface area contributed by atoms with Gasteiger partial charge in [0.15, 0.2) is 6.04 Å². The van der Waals surface area contributed by atoms with Crippen molar-refractivity contribution >= 4 is 35.0 Å². The maximum Gasteiger partial charge on any atom is 0.334 e. The molecular weight excluding hydrogens is 659 g/mol. The van der Waals surface area contributed by atoms with E-state index >= 15 is 0 Å². The number of ether oxygens (including phenoxy) is 3. The second-order valence-corrected chi connectivity index (χ2v) is 12.9. The van der Waals surface area contributed by atoms with E-state index in [1.165, 1.54) is 29.4 Å². The van der Waals surface area contributed by atoms with E-state index in [9.17, 15) is 19.5 Å². The molecule has 12 nitrogen and oxygen atoms in total. The fourth-order valence-electron chi connectivity index (χ4n) is 5.46. The number of aryl methyl sites for hydroxylation is 1. The zero-order chi connectivity index (χ0) is 35.6. The Bertz CT molecular complexity index is 1830. The Balaban J connectivity index is 1.40. The molecule has 0 aliphatic carbocycles. The summed E-state index contributed by atoms with van der Waals surface area (Å²) >= 11 is 1.46. The SMILES string of the molecule is COC(=O)[C@@H]1COC(c2cc(C(=O)N[C@@H](Cc3ccccc3)[C@@H](O)CNCc3cccc(OC)c3)cc(C(=O)N(C)Cc3nc(C)cs3)c2)=N1. The molecule has 0 saturated carbocycles. The molecule has 3 atom stereocenters. The molecule has 0 radical (unpaired) electrons. The predicted molar refractivity (Wildman–Crippen MR) is 189 cm³/mol. The summed E-state index contributed by atoms with van der Waals surface area (Å²) in [6.45, 7) is 2.81. The number of esters is 1. The van der Waals surface area contributed by atoms with Crippen molar-refractivity contribution in [3.8, 4) is 5.75 Å². The Morgan fingerprint density at radius 3 is 2.52 bits per heavy atom. The van der Waals surface area contributed by atoms with Crippen LogP contribution in [0.3, 0.4) is 0 Å². The monoisotopic (exact) mass is 699 g/mol. The molecule has 0 spiro atoms. The standard InChI is InChI=1S/C37H41N5O7S/c1-23-22-50-33(39-23)20-42(2)36(45)28-16-26(15-27(17-28)35-41-31(21-49-35)37(46)48-4)34(44)40-30(14-24-9-6-5-7-10-24)32(43)19-38-18-25-11-8-12-29(13-25)47-3/h5-13,15-17,22,30-32,38,43H,14,18-21H2,1-4H3,(H,40,44)/t30-,31-,32-/m0/s1. The van der Waals surface area contributed by atoms with Gasteiger partial charge in [-0.3, -0.25) is 9.59 Å². The first-order chi connectivity index (χ1) is 24.1. The number of rotatable bonds is 15. The van der Waals surface area contributed by atoms with E-state index in [-0.39, 0.29) is 42.6 Å². The first kappa shape index (κ1) is 36.2. The number of hydrogen-bond donors (Lipinski definition) is 3. The molecule has 2 amide bonds. The maximum atomic E-state index is 14.0. The smallest absolute Gasteiger partial charge is 0.334 e. The third kappa shape index (κ3) is 9.53. The average molecular weight is 700 g/mol. The highest BCUT2D eigenvalue weighted by atomic mass is 32.1. The number of nitrogens with one attached hydrogen (secondary N) is 2. The van der Waals surface area contributed by atoms with Gasteiger partial charge >= 0.3 is 5.97 Å². The molecule has 0 unspecified atom stereocenters. The lowest BCUT2D eigenvalue weighted by Crippen LogP contribution is -2.48. The zero-order valence-corrected chi connectivity index (χ0v) is 29.2. The van der Waals surface area contributed by atoms with Crippen molar-refractivity contribution in [1.29, 1.82) is 0 Å². The Labute approximate surface area is 295 Å². The first-order valence-electron chi connectivity index (χ1n) is 16.1. The fraction of sp³-hybridized carbons (Fsp3) is 0.324. The lowest BCUT2D eigenvalue weighted by molar-refractivity contribution is -0.142. The van der Waals surface area contributed by atoms with Crippen molar-refractivity contribution in [2.24, 2.45) is 4.99 Å². The van der Waals surface area contributed by atoms with Gasteiger partial charge in [-0.1, -0.05) is 42.5 Å². The van der Waals surface area contributed by atoms with E-state index in [2.05, 4.69) is 20.6 Å². The Hall–Kier alpha value is -5.11. The maximum absolute atomic E-state index is 14.0. The van der Waals surface area contributed by atoms with Gasteiger partial charge in [0.05, 0.1) is 32.9 Å². The van der Waals surface area contributed by atoms with Crippen LogP contribution < -0.4 is 15.4 Å². The molecule has 1 aliphatic rings. The van der Waals surface area contributed by atoms with Crippen molar-refractivity contribution < 1.29 is 33.7 Å². The van der Waals surface area contributed by atoms with Crippen LogP contribution >= 0.6 is 11.3 Å². The summed E-state index contributed by atoms with van der Waals surface area (Å²) in [6, 6.07) is 20.3. The number of nitrogens with zero attached hydrogens (tertiary/aromatic N) is 3. The Kier molecular flexibility index (Phi) is 12.3. The largest absolute Gasteiger partial charge is 0.497 e. The number of hydrogen-bond acceptors (Lipinski definition) is 11. The van der Waals surface area contributed by atoms with Crippen LogP contribution in [0.2, 0.25) is 0 Å². The van der Waals surface area contributed by atoms with Gasteiger partial charge in [-0.2, -0.15) is 0 Å². The zero-order valence-electron chi connectivity index (χ0n) is 28.4. The number of aliphatic imine (C=N–C) groups is 1. The third-order valence-corrected chi connectivity index (χ3v) is 9.05. The van der Waals surface area contributed by atoms with Crippen molar-refractivity contribution in [2.75, 3.05) is 34.4 Å². The predicted octanol–water partition coefficient (Wildman–Crippen LogP) is 3.54. The Morgan fingerprint density at radius 2 is 1.80 bits per heavy atom. The van der Waals surface area contributed by atoms with Crippen LogP contribution in [0.15, 0.2) is 83.2 Å². The summed E-state index contributed by atoms with van der Waals surface area (Å²) < 4.78 is 15.9. The van der Waals surface area contributed by atoms with E-state index in [0.29, 0.717) is 18.5 Å². The summed E-state index contributed by atoms with van der Waals surface area (Å²) in [5.74, 6) is -0.556. The number of carbonyl (C=O) groups is 3. The number of benzene rings is 3. The molecule has 0 bridgehead atoms. The molecule has 1 aromatic heterocycles. The quantitative estimate of drug-likeness (QED) is 0.158. The lowest BCUT2D eigenvalue weighted by atomic mass is 9.99. The van der Waals surface area contributed by atoms with Gasteiger partial charge in [0.25, 0.3) is 11.8 Å². The third-order valence-electron chi connectivity index (χ3n) is 8.10. The highest BCUT2D eigenvalue weighted by Gasteiger charge is 2.29. The molecule has 1 aliphatic heterocycles. The number of aromatic nitrogens is 1. The first-order valence-corrected chi connectivity index (χ1v) is 17.0. The normalized spacial score (nSPS) is 15.0. The molecule has 4 aromatic rings. The van der Waals surface area contributed by atoms with Gasteiger partial charge in [-0.05, 0) is 54.8 Å². The van der Waals surface area contributed by atoms with Crippen LogP contribution in [0.4, 0.5) is 0 Å². The number of carbonyl (C=O) groups excluding carboxylic acids is 3. The molecule has 262 valence electrons. The van der Waals surface area contributed by atoms with Crippen molar-refractivity contribution in [3.63, 3.8) is 0 Å². The summed E-state index contributed by atoms with van der Waals surface area (Å²) in [4.78, 5) is 50.2. The van der Waals surface area contributed by atoms with E-state index in [1.807, 2.05) is 66.9 Å². The molecule has 3 aromatic carbocycles. The van der Waals surface area contributed by atoms with Crippen LogP contribution in [0.5, 0.6) is 5.75 Å². The van der Waals surface area contributed by atoms with Crippen molar-refractivity contribution in [1.82, 2.24) is 20.5 Å². The average Bonchev–Trinajstić information content (AvgIpc) is 3.80.